The van der Waals surface area contributed by atoms with Crippen molar-refractivity contribution in [2.24, 2.45) is 0 Å². The van der Waals surface area contributed by atoms with Crippen LogP contribution in [0.15, 0.2) is 30.3 Å². The van der Waals surface area contributed by atoms with Crippen molar-refractivity contribution in [1.29, 1.82) is 0 Å². The Hall–Kier alpha value is -1.77. The van der Waals surface area contributed by atoms with Gasteiger partial charge in [-0.25, -0.2) is 4.98 Å². The predicted molar refractivity (Wildman–Crippen MR) is 80.3 cm³/mol. The fourth-order valence-electron chi connectivity index (χ4n) is 2.40. The van der Waals surface area contributed by atoms with Crippen LogP contribution in [0, 0.1) is 0 Å². The van der Waals surface area contributed by atoms with Crippen LogP contribution in [0.4, 0.5) is 5.82 Å². The Morgan fingerprint density at radius 3 is 2.37 bits per heavy atom. The summed E-state index contributed by atoms with van der Waals surface area (Å²) in [6.45, 7) is 7.33. The molecular formula is C16H23N3. The first-order chi connectivity index (χ1) is 9.13. The van der Waals surface area contributed by atoms with E-state index in [1.165, 1.54) is 5.56 Å². The quantitative estimate of drug-likeness (QED) is 0.892. The largest absolute Gasteiger partial charge is 0.384 e. The number of nitrogen functional groups attached to an aromatic ring is 1. The van der Waals surface area contributed by atoms with Gasteiger partial charge >= 0.3 is 0 Å². The molecule has 0 aliphatic carbocycles. The summed E-state index contributed by atoms with van der Waals surface area (Å²) < 4.78 is 2.13. The van der Waals surface area contributed by atoms with Crippen molar-refractivity contribution in [2.45, 2.75) is 46.1 Å². The first-order valence-corrected chi connectivity index (χ1v) is 7.02. The molecule has 3 nitrogen and oxygen atoms in total. The minimum atomic E-state index is 0.410. The van der Waals surface area contributed by atoms with Gasteiger partial charge in [0, 0.05) is 12.5 Å². The summed E-state index contributed by atoms with van der Waals surface area (Å²) in [4.78, 5) is 4.73. The van der Waals surface area contributed by atoms with Crippen LogP contribution < -0.4 is 5.73 Å². The Bertz CT molecular complexity index is 526. The van der Waals surface area contributed by atoms with E-state index in [1.807, 2.05) is 6.07 Å². The Morgan fingerprint density at radius 1 is 1.16 bits per heavy atom. The lowest BCUT2D eigenvalue weighted by Crippen LogP contribution is -2.06. The average Bonchev–Trinajstić information content (AvgIpc) is 2.74. The summed E-state index contributed by atoms with van der Waals surface area (Å²) >= 11 is 0. The van der Waals surface area contributed by atoms with Crippen LogP contribution >= 0.6 is 0 Å². The number of rotatable bonds is 5. The molecule has 0 unspecified atom stereocenters. The molecule has 2 aromatic rings. The van der Waals surface area contributed by atoms with E-state index in [2.05, 4.69) is 49.6 Å². The van der Waals surface area contributed by atoms with Gasteiger partial charge in [0.15, 0.2) is 0 Å². The molecule has 3 heteroatoms. The number of aromatic nitrogens is 2. The van der Waals surface area contributed by atoms with Crippen LogP contribution in [0.25, 0.3) is 0 Å². The van der Waals surface area contributed by atoms with Gasteiger partial charge in [0.2, 0.25) is 0 Å². The van der Waals surface area contributed by atoms with Crippen LogP contribution in [-0.2, 0) is 19.4 Å². The molecule has 0 atom stereocenters. The second-order valence-electron chi connectivity index (χ2n) is 5.19. The minimum Gasteiger partial charge on any atom is -0.384 e. The number of benzene rings is 1. The number of imidazole rings is 1. The van der Waals surface area contributed by atoms with Gasteiger partial charge in [0.1, 0.15) is 11.6 Å². The maximum absolute atomic E-state index is 6.22. The third kappa shape index (κ3) is 2.98. The molecule has 102 valence electrons. The van der Waals surface area contributed by atoms with Crippen molar-refractivity contribution in [3.05, 3.63) is 47.4 Å². The molecule has 0 saturated carbocycles. The molecule has 2 rings (SSSR count). The first kappa shape index (κ1) is 13.7. The van der Waals surface area contributed by atoms with Crippen molar-refractivity contribution in [3.63, 3.8) is 0 Å². The Labute approximate surface area is 115 Å². The molecule has 19 heavy (non-hydrogen) atoms. The molecular weight excluding hydrogens is 234 g/mol. The Kier molecular flexibility index (Phi) is 4.25. The summed E-state index contributed by atoms with van der Waals surface area (Å²) in [6, 6.07) is 10.5. The van der Waals surface area contributed by atoms with E-state index in [-0.39, 0.29) is 0 Å². The van der Waals surface area contributed by atoms with Gasteiger partial charge in [-0.2, -0.15) is 0 Å². The summed E-state index contributed by atoms with van der Waals surface area (Å²) in [5, 5.41) is 0. The van der Waals surface area contributed by atoms with Crippen molar-refractivity contribution in [2.75, 3.05) is 5.73 Å². The van der Waals surface area contributed by atoms with E-state index >= 15 is 0 Å². The SMILES string of the molecule is CCn1c(C(C)C)nc(CCc2ccccc2)c1N. The lowest BCUT2D eigenvalue weighted by atomic mass is 10.1. The van der Waals surface area contributed by atoms with Gasteiger partial charge in [0.05, 0.1) is 5.69 Å². The minimum absolute atomic E-state index is 0.410. The van der Waals surface area contributed by atoms with Gasteiger partial charge in [-0.05, 0) is 25.3 Å². The third-order valence-electron chi connectivity index (χ3n) is 3.44. The number of aryl methyl sites for hydroxylation is 2. The molecule has 0 aliphatic heterocycles. The molecule has 1 aromatic heterocycles. The van der Waals surface area contributed by atoms with Crippen molar-refractivity contribution >= 4 is 5.82 Å². The standard InChI is InChI=1S/C16H23N3/c1-4-19-15(17)14(18-16(19)12(2)3)11-10-13-8-6-5-7-9-13/h5-9,12H,4,10-11,17H2,1-3H3. The maximum atomic E-state index is 6.22. The molecule has 1 aromatic carbocycles. The number of hydrogen-bond donors (Lipinski definition) is 1. The molecule has 0 fully saturated rings. The van der Waals surface area contributed by atoms with Crippen molar-refractivity contribution in [3.8, 4) is 0 Å². The predicted octanol–water partition coefficient (Wildman–Crippen LogP) is 3.39. The van der Waals surface area contributed by atoms with Gasteiger partial charge in [0.25, 0.3) is 0 Å². The van der Waals surface area contributed by atoms with E-state index in [0.717, 1.165) is 36.7 Å². The second-order valence-corrected chi connectivity index (χ2v) is 5.19. The third-order valence-corrected chi connectivity index (χ3v) is 3.44. The zero-order valence-corrected chi connectivity index (χ0v) is 12.1. The van der Waals surface area contributed by atoms with E-state index in [1.54, 1.807) is 0 Å². The van der Waals surface area contributed by atoms with Gasteiger partial charge in [-0.15, -0.1) is 0 Å². The highest BCUT2D eigenvalue weighted by molar-refractivity contribution is 5.39. The van der Waals surface area contributed by atoms with E-state index in [9.17, 15) is 0 Å². The molecule has 0 bridgehead atoms. The van der Waals surface area contributed by atoms with E-state index < -0.39 is 0 Å². The molecule has 1 heterocycles. The van der Waals surface area contributed by atoms with Crippen LogP contribution in [-0.4, -0.2) is 9.55 Å². The van der Waals surface area contributed by atoms with Crippen LogP contribution in [0.2, 0.25) is 0 Å². The number of hydrogen-bond acceptors (Lipinski definition) is 2. The van der Waals surface area contributed by atoms with E-state index in [4.69, 9.17) is 10.7 Å². The smallest absolute Gasteiger partial charge is 0.126 e. The number of nitrogens with zero attached hydrogens (tertiary/aromatic N) is 2. The van der Waals surface area contributed by atoms with Crippen LogP contribution in [0.5, 0.6) is 0 Å². The monoisotopic (exact) mass is 257 g/mol. The highest BCUT2D eigenvalue weighted by atomic mass is 15.1. The van der Waals surface area contributed by atoms with E-state index in [0.29, 0.717) is 5.92 Å². The van der Waals surface area contributed by atoms with Gasteiger partial charge in [-0.3, -0.25) is 0 Å². The number of nitrogens with two attached hydrogens (primary N) is 1. The highest BCUT2D eigenvalue weighted by Gasteiger charge is 2.15. The van der Waals surface area contributed by atoms with Gasteiger partial charge < -0.3 is 10.3 Å². The molecule has 0 saturated heterocycles. The summed E-state index contributed by atoms with van der Waals surface area (Å²) in [5.74, 6) is 2.35. The normalized spacial score (nSPS) is 11.2. The van der Waals surface area contributed by atoms with Crippen molar-refractivity contribution in [1.82, 2.24) is 9.55 Å². The second kappa shape index (κ2) is 5.91. The molecule has 0 spiro atoms. The molecule has 0 radical (unpaired) electrons. The summed E-state index contributed by atoms with van der Waals surface area (Å²) in [5.41, 5.74) is 8.59. The fourth-order valence-corrected chi connectivity index (χ4v) is 2.40. The van der Waals surface area contributed by atoms with Crippen molar-refractivity contribution < 1.29 is 0 Å². The Morgan fingerprint density at radius 2 is 1.84 bits per heavy atom. The first-order valence-electron chi connectivity index (χ1n) is 7.02. The maximum Gasteiger partial charge on any atom is 0.126 e. The Balaban J connectivity index is 2.17. The molecule has 0 aliphatic rings. The summed E-state index contributed by atoms with van der Waals surface area (Å²) in [7, 11) is 0. The lowest BCUT2D eigenvalue weighted by Gasteiger charge is -2.08. The molecule has 0 amide bonds. The highest BCUT2D eigenvalue weighted by Crippen LogP contribution is 2.22. The number of anilines is 1. The summed E-state index contributed by atoms with van der Waals surface area (Å²) in [6.07, 6.45) is 1.89. The van der Waals surface area contributed by atoms with Crippen LogP contribution in [0.1, 0.15) is 43.8 Å². The zero-order chi connectivity index (χ0) is 13.8. The molecule has 2 N–H and O–H groups in total. The fraction of sp³-hybridized carbons (Fsp3) is 0.438. The van der Waals surface area contributed by atoms with Crippen LogP contribution in [0.3, 0.4) is 0 Å². The topological polar surface area (TPSA) is 43.8 Å². The lowest BCUT2D eigenvalue weighted by molar-refractivity contribution is 0.658. The van der Waals surface area contributed by atoms with Gasteiger partial charge in [-0.1, -0.05) is 44.2 Å². The zero-order valence-electron chi connectivity index (χ0n) is 12.1. The average molecular weight is 257 g/mol.